The van der Waals surface area contributed by atoms with Crippen LogP contribution in [0, 0.1) is 5.92 Å². The standard InChI is InChI=1S/C18H27N3O/c22-18(16-9-6-10-19-13-16)20-14-17(21-11-4-5-12-21)15-7-2-1-3-8-15/h1-3,7-8,16-17,19H,4-6,9-14H2,(H,20,22)/t16-,17?/m1/s1. The first-order valence-corrected chi connectivity index (χ1v) is 8.62. The lowest BCUT2D eigenvalue weighted by Crippen LogP contribution is -2.43. The highest BCUT2D eigenvalue weighted by molar-refractivity contribution is 5.79. The van der Waals surface area contributed by atoms with Crippen molar-refractivity contribution in [1.82, 2.24) is 15.5 Å². The first-order valence-electron chi connectivity index (χ1n) is 8.62. The lowest BCUT2D eigenvalue weighted by atomic mass is 9.98. The van der Waals surface area contributed by atoms with E-state index in [1.807, 2.05) is 0 Å². The van der Waals surface area contributed by atoms with Gasteiger partial charge in [-0.3, -0.25) is 9.69 Å². The Balaban J connectivity index is 1.61. The van der Waals surface area contributed by atoms with E-state index in [0.717, 1.165) is 45.6 Å². The molecule has 2 saturated heterocycles. The molecule has 0 bridgehead atoms. The first kappa shape index (κ1) is 15.5. The molecule has 22 heavy (non-hydrogen) atoms. The fourth-order valence-electron chi connectivity index (χ4n) is 3.60. The number of nitrogens with one attached hydrogen (secondary N) is 2. The number of hydrogen-bond donors (Lipinski definition) is 2. The predicted molar refractivity (Wildman–Crippen MR) is 88.6 cm³/mol. The molecular formula is C18H27N3O. The summed E-state index contributed by atoms with van der Waals surface area (Å²) in [4.78, 5) is 14.9. The Morgan fingerprint density at radius 1 is 1.23 bits per heavy atom. The number of likely N-dealkylation sites (tertiary alicyclic amines) is 1. The summed E-state index contributed by atoms with van der Waals surface area (Å²) in [5.74, 6) is 0.357. The molecule has 1 aromatic rings. The van der Waals surface area contributed by atoms with Gasteiger partial charge in [0.2, 0.25) is 5.91 Å². The van der Waals surface area contributed by atoms with Crippen LogP contribution >= 0.6 is 0 Å². The van der Waals surface area contributed by atoms with E-state index in [1.165, 1.54) is 18.4 Å². The van der Waals surface area contributed by atoms with Crippen molar-refractivity contribution in [3.8, 4) is 0 Å². The maximum Gasteiger partial charge on any atom is 0.224 e. The minimum atomic E-state index is 0.142. The van der Waals surface area contributed by atoms with Crippen LogP contribution in [0.3, 0.4) is 0 Å². The molecule has 2 aliphatic rings. The number of nitrogens with zero attached hydrogens (tertiary/aromatic N) is 1. The van der Waals surface area contributed by atoms with Gasteiger partial charge in [-0.05, 0) is 50.9 Å². The van der Waals surface area contributed by atoms with E-state index in [4.69, 9.17) is 0 Å². The van der Waals surface area contributed by atoms with Crippen molar-refractivity contribution in [2.24, 2.45) is 5.92 Å². The zero-order chi connectivity index (χ0) is 15.2. The quantitative estimate of drug-likeness (QED) is 0.873. The van der Waals surface area contributed by atoms with Crippen LogP contribution in [0.25, 0.3) is 0 Å². The number of carbonyl (C=O) groups excluding carboxylic acids is 1. The van der Waals surface area contributed by atoms with Gasteiger partial charge in [-0.2, -0.15) is 0 Å². The molecule has 0 spiro atoms. The second-order valence-electron chi connectivity index (χ2n) is 6.46. The van der Waals surface area contributed by atoms with E-state index >= 15 is 0 Å². The normalized spacial score (nSPS) is 24.1. The number of rotatable bonds is 5. The molecule has 2 aliphatic heterocycles. The first-order chi connectivity index (χ1) is 10.8. The van der Waals surface area contributed by atoms with Gasteiger partial charge in [-0.1, -0.05) is 30.3 Å². The summed E-state index contributed by atoms with van der Waals surface area (Å²) in [6, 6.07) is 10.9. The Bertz CT molecular complexity index is 464. The van der Waals surface area contributed by atoms with Crippen LogP contribution < -0.4 is 10.6 Å². The Hall–Kier alpha value is -1.39. The SMILES string of the molecule is O=C(NCC(c1ccccc1)N1CCCC1)[C@@H]1CCCNC1. The maximum atomic E-state index is 12.4. The number of amides is 1. The summed E-state index contributed by atoms with van der Waals surface area (Å²) in [6.45, 7) is 4.87. The molecule has 2 atom stereocenters. The molecule has 0 aliphatic carbocycles. The third kappa shape index (κ3) is 3.87. The van der Waals surface area contributed by atoms with E-state index in [9.17, 15) is 4.79 Å². The van der Waals surface area contributed by atoms with Crippen molar-refractivity contribution in [2.75, 3.05) is 32.7 Å². The topological polar surface area (TPSA) is 44.4 Å². The predicted octanol–water partition coefficient (Wildman–Crippen LogP) is 1.94. The van der Waals surface area contributed by atoms with Crippen molar-refractivity contribution < 1.29 is 4.79 Å². The molecule has 0 aromatic heterocycles. The van der Waals surface area contributed by atoms with E-state index in [2.05, 4.69) is 45.9 Å². The summed E-state index contributed by atoms with van der Waals surface area (Å²) < 4.78 is 0. The average Bonchev–Trinajstić information content (AvgIpc) is 3.11. The second-order valence-corrected chi connectivity index (χ2v) is 6.46. The van der Waals surface area contributed by atoms with E-state index in [0.29, 0.717) is 6.04 Å². The Kier molecular flexibility index (Phi) is 5.46. The number of piperidine rings is 1. The molecule has 1 aromatic carbocycles. The lowest BCUT2D eigenvalue weighted by Gasteiger charge is -2.29. The zero-order valence-corrected chi connectivity index (χ0v) is 13.3. The van der Waals surface area contributed by atoms with Crippen molar-refractivity contribution in [3.05, 3.63) is 35.9 Å². The third-order valence-corrected chi connectivity index (χ3v) is 4.90. The summed E-state index contributed by atoms with van der Waals surface area (Å²) in [7, 11) is 0. The van der Waals surface area contributed by atoms with Crippen LogP contribution in [-0.4, -0.2) is 43.5 Å². The smallest absolute Gasteiger partial charge is 0.224 e. The van der Waals surface area contributed by atoms with Crippen molar-refractivity contribution >= 4 is 5.91 Å². The molecular weight excluding hydrogens is 274 g/mol. The highest BCUT2D eigenvalue weighted by Gasteiger charge is 2.26. The van der Waals surface area contributed by atoms with Crippen LogP contribution in [0.2, 0.25) is 0 Å². The fourth-order valence-corrected chi connectivity index (χ4v) is 3.60. The molecule has 1 unspecified atom stereocenters. The van der Waals surface area contributed by atoms with Gasteiger partial charge in [0.15, 0.2) is 0 Å². The van der Waals surface area contributed by atoms with Crippen LogP contribution in [-0.2, 0) is 4.79 Å². The third-order valence-electron chi connectivity index (χ3n) is 4.90. The highest BCUT2D eigenvalue weighted by Crippen LogP contribution is 2.24. The van der Waals surface area contributed by atoms with Crippen LogP contribution in [0.1, 0.15) is 37.3 Å². The van der Waals surface area contributed by atoms with Gasteiger partial charge in [-0.15, -0.1) is 0 Å². The molecule has 3 rings (SSSR count). The molecule has 2 N–H and O–H groups in total. The highest BCUT2D eigenvalue weighted by atomic mass is 16.1. The molecule has 1 amide bonds. The van der Waals surface area contributed by atoms with E-state index in [-0.39, 0.29) is 11.8 Å². The van der Waals surface area contributed by atoms with Crippen LogP contribution in [0.4, 0.5) is 0 Å². The van der Waals surface area contributed by atoms with Crippen molar-refractivity contribution in [1.29, 1.82) is 0 Å². The van der Waals surface area contributed by atoms with Gasteiger partial charge in [0, 0.05) is 13.1 Å². The number of carbonyl (C=O) groups is 1. The van der Waals surface area contributed by atoms with E-state index < -0.39 is 0 Å². The molecule has 0 radical (unpaired) electrons. The van der Waals surface area contributed by atoms with Gasteiger partial charge in [0.1, 0.15) is 0 Å². The second kappa shape index (κ2) is 7.75. The lowest BCUT2D eigenvalue weighted by molar-refractivity contribution is -0.125. The van der Waals surface area contributed by atoms with Crippen LogP contribution in [0.5, 0.6) is 0 Å². The van der Waals surface area contributed by atoms with E-state index in [1.54, 1.807) is 0 Å². The largest absolute Gasteiger partial charge is 0.354 e. The summed E-state index contributed by atoms with van der Waals surface area (Å²) >= 11 is 0. The van der Waals surface area contributed by atoms with Gasteiger partial charge < -0.3 is 10.6 Å². The Morgan fingerprint density at radius 2 is 2.00 bits per heavy atom. The summed E-state index contributed by atoms with van der Waals surface area (Å²) in [5, 5.41) is 6.53. The van der Waals surface area contributed by atoms with Crippen molar-refractivity contribution in [2.45, 2.75) is 31.7 Å². The summed E-state index contributed by atoms with van der Waals surface area (Å²) in [5.41, 5.74) is 1.31. The summed E-state index contributed by atoms with van der Waals surface area (Å²) in [6.07, 6.45) is 4.65. The van der Waals surface area contributed by atoms with Gasteiger partial charge in [0.25, 0.3) is 0 Å². The monoisotopic (exact) mass is 301 g/mol. The van der Waals surface area contributed by atoms with Gasteiger partial charge in [-0.25, -0.2) is 0 Å². The fraction of sp³-hybridized carbons (Fsp3) is 0.611. The number of hydrogen-bond acceptors (Lipinski definition) is 3. The number of benzene rings is 1. The average molecular weight is 301 g/mol. The minimum Gasteiger partial charge on any atom is -0.354 e. The maximum absolute atomic E-state index is 12.4. The van der Waals surface area contributed by atoms with Gasteiger partial charge in [0.05, 0.1) is 12.0 Å². The molecule has 2 fully saturated rings. The zero-order valence-electron chi connectivity index (χ0n) is 13.3. The van der Waals surface area contributed by atoms with Crippen LogP contribution in [0.15, 0.2) is 30.3 Å². The minimum absolute atomic E-state index is 0.142. The van der Waals surface area contributed by atoms with Gasteiger partial charge >= 0.3 is 0 Å². The molecule has 0 saturated carbocycles. The molecule has 120 valence electrons. The molecule has 4 nitrogen and oxygen atoms in total. The molecule has 4 heteroatoms. The Morgan fingerprint density at radius 3 is 2.68 bits per heavy atom. The molecule has 2 heterocycles. The Labute approximate surface area is 133 Å². The van der Waals surface area contributed by atoms with Crippen molar-refractivity contribution in [3.63, 3.8) is 0 Å².